The number of carboxylic acid groups (broad SMARTS) is 1. The van der Waals surface area contributed by atoms with Crippen LogP contribution in [0.1, 0.15) is 27.2 Å². The normalized spacial score (nSPS) is 42.2. The molecule has 23 N–H and O–H groups in total. The molecule has 30 atom stereocenters. The molecule has 0 saturated carbocycles. The van der Waals surface area contributed by atoms with Crippen molar-refractivity contribution in [3.63, 3.8) is 0 Å². The molecule has 5 fully saturated rings. The monoisotopic (exact) mass is 1200 g/mol. The number of hydrogen-bond acceptors (Lipinski definition) is 33. The fraction of sp³-hybridized carbons (Fsp3) is 0.911. The van der Waals surface area contributed by atoms with E-state index in [1.807, 2.05) is 0 Å². The predicted molar refractivity (Wildman–Crippen MR) is 253 cm³/mol. The third-order valence-electron chi connectivity index (χ3n) is 14.3. The number of carbonyl (C=O) groups excluding carboxylic acids is 3. The Morgan fingerprint density at radius 1 is 0.585 bits per heavy atom. The Morgan fingerprint density at radius 2 is 1.11 bits per heavy atom. The van der Waals surface area contributed by atoms with Crippen molar-refractivity contribution in [3.8, 4) is 0 Å². The number of aliphatic hydroxyl groups is 19. The first kappa shape index (κ1) is 69.5. The van der Waals surface area contributed by atoms with Crippen molar-refractivity contribution in [3.05, 3.63) is 0 Å². The predicted octanol–water partition coefficient (Wildman–Crippen LogP) is -14.8. The van der Waals surface area contributed by atoms with Crippen LogP contribution < -0.4 is 16.0 Å². The van der Waals surface area contributed by atoms with E-state index in [1.165, 1.54) is 6.92 Å². The summed E-state index contributed by atoms with van der Waals surface area (Å²) in [5, 5.41) is 221. The van der Waals surface area contributed by atoms with Crippen molar-refractivity contribution in [2.75, 3.05) is 46.2 Å². The highest BCUT2D eigenvalue weighted by Crippen LogP contribution is 2.38. The Hall–Kier alpha value is -3.28. The van der Waals surface area contributed by atoms with Crippen molar-refractivity contribution in [1.29, 1.82) is 0 Å². The van der Waals surface area contributed by atoms with E-state index in [-0.39, 0.29) is 0 Å². The van der Waals surface area contributed by atoms with Crippen LogP contribution in [0.5, 0.6) is 0 Å². The van der Waals surface area contributed by atoms with Crippen molar-refractivity contribution < 1.29 is 169 Å². The fourth-order valence-electron chi connectivity index (χ4n) is 9.83. The summed E-state index contributed by atoms with van der Waals surface area (Å²) in [4.78, 5) is 50.6. The average molecular weight is 1200 g/mol. The molecule has 37 nitrogen and oxygen atoms in total. The zero-order valence-electron chi connectivity index (χ0n) is 44.1. The number of aliphatic hydroxyl groups excluding tert-OH is 19. The van der Waals surface area contributed by atoms with Gasteiger partial charge in [0.2, 0.25) is 17.7 Å². The van der Waals surface area contributed by atoms with E-state index >= 15 is 0 Å². The Kier molecular flexibility index (Phi) is 25.7. The number of rotatable bonds is 26. The zero-order chi connectivity index (χ0) is 61.4. The Bertz CT molecular complexity index is 2040. The molecule has 5 saturated heterocycles. The number of aliphatic carboxylic acids is 1. The van der Waals surface area contributed by atoms with Crippen molar-refractivity contribution in [2.24, 2.45) is 0 Å². The summed E-state index contributed by atoms with van der Waals surface area (Å²) in [5.74, 6) is -8.35. The maximum atomic E-state index is 12.9. The Morgan fingerprint density at radius 3 is 1.65 bits per heavy atom. The maximum absolute atomic E-state index is 12.9. The second-order valence-electron chi connectivity index (χ2n) is 20.2. The van der Waals surface area contributed by atoms with Crippen molar-refractivity contribution in [2.45, 2.75) is 211 Å². The van der Waals surface area contributed by atoms with Gasteiger partial charge < -0.3 is 165 Å². The van der Waals surface area contributed by atoms with Crippen LogP contribution in [0, 0.1) is 0 Å². The molecule has 3 amide bonds. The van der Waals surface area contributed by atoms with Gasteiger partial charge in [0.15, 0.2) is 25.2 Å². The summed E-state index contributed by atoms with van der Waals surface area (Å²) in [7, 11) is 0. The first-order valence-corrected chi connectivity index (χ1v) is 25.7. The second kappa shape index (κ2) is 30.4. The van der Waals surface area contributed by atoms with Gasteiger partial charge in [-0.25, -0.2) is 4.79 Å². The molecule has 0 bridgehead atoms. The van der Waals surface area contributed by atoms with Gasteiger partial charge in [-0.15, -0.1) is 0 Å². The molecule has 0 spiro atoms. The minimum absolute atomic E-state index is 0.914. The van der Waals surface area contributed by atoms with Gasteiger partial charge in [-0.1, -0.05) is 0 Å². The van der Waals surface area contributed by atoms with E-state index in [9.17, 15) is 121 Å². The molecule has 0 aromatic rings. The molecule has 37 heteroatoms. The quantitative estimate of drug-likeness (QED) is 0.0382. The van der Waals surface area contributed by atoms with Gasteiger partial charge >= 0.3 is 5.97 Å². The second-order valence-corrected chi connectivity index (χ2v) is 20.2. The highest BCUT2D eigenvalue weighted by Gasteiger charge is 2.59. The van der Waals surface area contributed by atoms with Crippen molar-refractivity contribution >= 4 is 23.7 Å². The Balaban J connectivity index is 1.57. The molecule has 0 aromatic carbocycles. The molecule has 82 heavy (non-hydrogen) atoms. The summed E-state index contributed by atoms with van der Waals surface area (Å²) in [6.07, 6.45) is -55.6. The lowest BCUT2D eigenvalue weighted by molar-refractivity contribution is -0.396. The van der Waals surface area contributed by atoms with E-state index < -0.39 is 260 Å². The van der Waals surface area contributed by atoms with Crippen LogP contribution in [-0.4, -0.2) is 355 Å². The average Bonchev–Trinajstić information content (AvgIpc) is 3.51. The number of hydrogen-bond donors (Lipinski definition) is 23. The van der Waals surface area contributed by atoms with Crippen LogP contribution in [0.4, 0.5) is 0 Å². The third kappa shape index (κ3) is 15.8. The first-order valence-electron chi connectivity index (χ1n) is 25.7. The van der Waals surface area contributed by atoms with Gasteiger partial charge in [0, 0.05) is 20.3 Å². The number of nitrogens with one attached hydrogen (secondary N) is 3. The summed E-state index contributed by atoms with van der Waals surface area (Å²) in [5.41, 5.74) is 0. The lowest BCUT2D eigenvalue weighted by Crippen LogP contribution is -2.70. The summed E-state index contributed by atoms with van der Waals surface area (Å²) in [6, 6.07) is -5.61. The number of amides is 3. The van der Waals surface area contributed by atoms with Crippen LogP contribution in [0.3, 0.4) is 0 Å². The number of carboxylic acids is 1. The van der Waals surface area contributed by atoms with Gasteiger partial charge in [0.05, 0.1) is 63.9 Å². The standard InChI is InChI=1S/C45H77N3O34/c1-12-25(61)31(67)33(69)41(74-12)81-39-38(80-40-24(47-14(3)56)36(29(65)20(8-52)75-40)79-42-34(70)32(68)28(64)19(7-51)76-42)30(66)21(9-53)77-43(39)78-35(15(5-49)46-13(2)55)27(63)18(59)11-73-45(44(71)72)4-16(57)23(48-22(60)10-54)37(82-45)26(62)17(58)6-50/h12,15-21,23-43,49-54,57-59,61-70H,4-11H2,1-3H3,(H,46,55)(H,47,56)(H,48,60)(H,71,72)/t12-,15-,16-,17+,18+,19+,20+,21+,23+,24+,25+,26+,27-,28-,29-,30-,31+,32-,33-,34+,35+,36+,37+,38-,39+,40+,41-,42+,43-,45+/m0/s1. The lowest BCUT2D eigenvalue weighted by Gasteiger charge is -2.51. The molecule has 5 rings (SSSR count). The van der Waals surface area contributed by atoms with E-state index in [0.29, 0.717) is 0 Å². The van der Waals surface area contributed by atoms with E-state index in [2.05, 4.69) is 16.0 Å². The van der Waals surface area contributed by atoms with Crippen molar-refractivity contribution in [1.82, 2.24) is 16.0 Å². The summed E-state index contributed by atoms with van der Waals surface area (Å²) < 4.78 is 58.2. The van der Waals surface area contributed by atoms with Crippen LogP contribution in [0.15, 0.2) is 0 Å². The van der Waals surface area contributed by atoms with E-state index in [0.717, 1.165) is 13.8 Å². The molecule has 5 aliphatic rings. The fourth-order valence-corrected chi connectivity index (χ4v) is 9.83. The smallest absolute Gasteiger partial charge is 0.364 e. The van der Waals surface area contributed by atoms with Gasteiger partial charge in [-0.2, -0.15) is 0 Å². The van der Waals surface area contributed by atoms with Crippen LogP contribution in [0.25, 0.3) is 0 Å². The lowest BCUT2D eigenvalue weighted by atomic mass is 9.88. The number of carbonyl (C=O) groups is 4. The highest BCUT2D eigenvalue weighted by atomic mass is 16.8. The molecule has 5 heterocycles. The molecule has 0 aliphatic carbocycles. The maximum Gasteiger partial charge on any atom is 0.364 e. The van der Waals surface area contributed by atoms with E-state index in [4.69, 9.17) is 47.4 Å². The number of ether oxygens (including phenoxy) is 10. The van der Waals surface area contributed by atoms with Gasteiger partial charge in [-0.3, -0.25) is 14.4 Å². The minimum Gasteiger partial charge on any atom is -0.477 e. The van der Waals surface area contributed by atoms with Gasteiger partial charge in [0.25, 0.3) is 5.79 Å². The topological polar surface area (TPSA) is 601 Å². The third-order valence-corrected chi connectivity index (χ3v) is 14.3. The minimum atomic E-state index is -3.18. The summed E-state index contributed by atoms with van der Waals surface area (Å²) >= 11 is 0. The van der Waals surface area contributed by atoms with Gasteiger partial charge in [-0.05, 0) is 6.92 Å². The van der Waals surface area contributed by atoms with E-state index in [1.54, 1.807) is 0 Å². The largest absolute Gasteiger partial charge is 0.477 e. The van der Waals surface area contributed by atoms with Crippen LogP contribution >= 0.6 is 0 Å². The first-order chi connectivity index (χ1) is 38.5. The molecule has 0 radical (unpaired) electrons. The molecule has 0 unspecified atom stereocenters. The molecule has 5 aliphatic heterocycles. The molecular weight excluding hydrogens is 1130 g/mol. The SMILES string of the molecule is CC(=O)N[C@H]1[C@@H](O[C@H]2[C@@H](O)[C@@H](CO)O[C@@H](O[C@@H]([C@@H](O)[C@H](O)CO[C@]3(C(=O)O)C[C@H](O)[C@@H](NC(=O)CO)[C@H]([C@H](O)[C@H](O)CO)O3)[C@H](CO)NC(C)=O)[C@@H]2O[C@@H]2O[C@@H](C)[C@@H](O)[C@@H](O)[C@@H]2O)O[C@H](CO)[C@H](O)[C@@H]1O[C@H]1O[C@H](CO)[C@H](O)[C@H](O)[C@H]1O. The van der Waals surface area contributed by atoms with Crippen LogP contribution in [0.2, 0.25) is 0 Å². The van der Waals surface area contributed by atoms with Crippen LogP contribution in [-0.2, 0) is 66.5 Å². The highest BCUT2D eigenvalue weighted by molar-refractivity contribution is 5.78. The molecule has 476 valence electrons. The zero-order valence-corrected chi connectivity index (χ0v) is 44.1. The summed E-state index contributed by atoms with van der Waals surface area (Å²) in [6.45, 7) is -5.18. The molecule has 0 aromatic heterocycles. The van der Waals surface area contributed by atoms with Gasteiger partial charge in [0.1, 0.15) is 135 Å². The Labute approximate surface area is 464 Å². The molecular formula is C45H77N3O34.